The summed E-state index contributed by atoms with van der Waals surface area (Å²) in [4.78, 5) is 30.5. The van der Waals surface area contributed by atoms with E-state index in [9.17, 15) is 22.8 Å². The van der Waals surface area contributed by atoms with Gasteiger partial charge in [-0.2, -0.15) is 0 Å². The minimum Gasteiger partial charge on any atom is -0.406 e. The molecule has 0 saturated carbocycles. The lowest BCUT2D eigenvalue weighted by Crippen LogP contribution is -2.52. The summed E-state index contributed by atoms with van der Waals surface area (Å²) < 4.78 is 40.3. The van der Waals surface area contributed by atoms with Crippen molar-refractivity contribution in [2.75, 3.05) is 57.7 Å². The third-order valence-corrected chi connectivity index (χ3v) is 5.02. The van der Waals surface area contributed by atoms with Gasteiger partial charge >= 0.3 is 6.36 Å². The highest BCUT2D eigenvalue weighted by Crippen LogP contribution is 2.24. The van der Waals surface area contributed by atoms with Crippen LogP contribution in [0.4, 0.5) is 18.9 Å². The number of amides is 2. The van der Waals surface area contributed by atoms with E-state index in [-0.39, 0.29) is 24.1 Å². The van der Waals surface area contributed by atoms with E-state index in [0.29, 0.717) is 38.4 Å². The molecule has 0 unspecified atom stereocenters. The zero-order valence-corrected chi connectivity index (χ0v) is 16.1. The number of carbonyl (C=O) groups is 2. The molecule has 0 bridgehead atoms. The average molecular weight is 414 g/mol. The molecule has 7 nitrogen and oxygen atoms in total. The van der Waals surface area contributed by atoms with Crippen molar-refractivity contribution < 1.29 is 27.5 Å². The molecule has 2 heterocycles. The van der Waals surface area contributed by atoms with Crippen LogP contribution in [0.2, 0.25) is 0 Å². The van der Waals surface area contributed by atoms with Gasteiger partial charge in [-0.25, -0.2) is 0 Å². The van der Waals surface area contributed by atoms with Crippen LogP contribution in [0.5, 0.6) is 5.75 Å². The van der Waals surface area contributed by atoms with Crippen molar-refractivity contribution in [1.29, 1.82) is 0 Å². The number of likely N-dealkylation sites (tertiary alicyclic amines) is 1. The third kappa shape index (κ3) is 6.90. The molecule has 3 rings (SSSR count). The Morgan fingerprint density at radius 1 is 0.897 bits per heavy atom. The van der Waals surface area contributed by atoms with Gasteiger partial charge in [-0.3, -0.25) is 19.4 Å². The zero-order chi connectivity index (χ0) is 20.9. The maximum Gasteiger partial charge on any atom is 0.573 e. The normalized spacial score (nSPS) is 18.7. The van der Waals surface area contributed by atoms with Crippen LogP contribution in [0.15, 0.2) is 24.3 Å². The molecule has 1 N–H and O–H groups in total. The fourth-order valence-electron chi connectivity index (χ4n) is 3.53. The van der Waals surface area contributed by atoms with Crippen molar-refractivity contribution in [3.05, 3.63) is 24.3 Å². The van der Waals surface area contributed by atoms with Gasteiger partial charge in [0, 0.05) is 31.9 Å². The topological polar surface area (TPSA) is 65.1 Å². The van der Waals surface area contributed by atoms with E-state index in [2.05, 4.69) is 15.0 Å². The Hall–Kier alpha value is -2.33. The fourth-order valence-corrected chi connectivity index (χ4v) is 3.53. The van der Waals surface area contributed by atoms with E-state index in [1.807, 2.05) is 9.80 Å². The summed E-state index contributed by atoms with van der Waals surface area (Å²) in [5.74, 6) is -0.464. The molecule has 0 aliphatic carbocycles. The molecule has 1 aromatic rings. The molecule has 2 aliphatic heterocycles. The van der Waals surface area contributed by atoms with Gasteiger partial charge in [0.25, 0.3) is 0 Å². The van der Waals surface area contributed by atoms with Crippen LogP contribution in [0.1, 0.15) is 12.8 Å². The first-order valence-corrected chi connectivity index (χ1v) is 9.67. The number of ether oxygens (including phenoxy) is 1. The van der Waals surface area contributed by atoms with Crippen molar-refractivity contribution in [2.45, 2.75) is 19.2 Å². The zero-order valence-electron chi connectivity index (χ0n) is 16.1. The highest BCUT2D eigenvalue weighted by atomic mass is 19.4. The summed E-state index contributed by atoms with van der Waals surface area (Å²) in [6.07, 6.45) is -2.45. The van der Waals surface area contributed by atoms with E-state index in [4.69, 9.17) is 0 Å². The summed E-state index contributed by atoms with van der Waals surface area (Å²) >= 11 is 0. The Kier molecular flexibility index (Phi) is 6.96. The molecule has 2 saturated heterocycles. The van der Waals surface area contributed by atoms with Crippen molar-refractivity contribution in [1.82, 2.24) is 14.7 Å². The monoisotopic (exact) mass is 414 g/mol. The number of carbonyl (C=O) groups excluding carboxylic acids is 2. The van der Waals surface area contributed by atoms with Gasteiger partial charge in [0.15, 0.2) is 0 Å². The largest absolute Gasteiger partial charge is 0.573 e. The highest BCUT2D eigenvalue weighted by molar-refractivity contribution is 5.92. The average Bonchev–Trinajstić information content (AvgIpc) is 3.15. The molecule has 2 aliphatic rings. The standard InChI is InChI=1S/C19H25F3N4O3/c20-19(21,22)29-16-5-3-15(4-6-16)23-17(27)13-25-9-11-26(12-10-25)18(28)14-24-7-1-2-8-24/h3-6H,1-2,7-14H2,(H,23,27). The maximum absolute atomic E-state index is 12.3. The van der Waals surface area contributed by atoms with Gasteiger partial charge in [0.2, 0.25) is 11.8 Å². The first-order valence-electron chi connectivity index (χ1n) is 9.67. The molecule has 160 valence electrons. The summed E-state index contributed by atoms with van der Waals surface area (Å²) in [6.45, 7) is 4.98. The van der Waals surface area contributed by atoms with Crippen molar-refractivity contribution >= 4 is 17.5 Å². The van der Waals surface area contributed by atoms with Crippen molar-refractivity contribution in [2.24, 2.45) is 0 Å². The number of hydrogen-bond acceptors (Lipinski definition) is 5. The highest BCUT2D eigenvalue weighted by Gasteiger charge is 2.31. The number of benzene rings is 1. The second-order valence-corrected chi connectivity index (χ2v) is 7.26. The van der Waals surface area contributed by atoms with Gasteiger partial charge in [-0.05, 0) is 50.2 Å². The Morgan fingerprint density at radius 2 is 1.48 bits per heavy atom. The lowest BCUT2D eigenvalue weighted by molar-refractivity contribution is -0.274. The van der Waals surface area contributed by atoms with Gasteiger partial charge in [-0.1, -0.05) is 0 Å². The first-order chi connectivity index (χ1) is 13.8. The number of anilines is 1. The van der Waals surface area contributed by atoms with Gasteiger partial charge in [-0.15, -0.1) is 13.2 Å². The van der Waals surface area contributed by atoms with Crippen molar-refractivity contribution in [3.63, 3.8) is 0 Å². The van der Waals surface area contributed by atoms with Crippen LogP contribution in [0.25, 0.3) is 0 Å². The maximum atomic E-state index is 12.3. The SMILES string of the molecule is O=C(CN1CCN(C(=O)CN2CCCC2)CC1)Nc1ccc(OC(F)(F)F)cc1. The molecule has 0 aromatic heterocycles. The van der Waals surface area contributed by atoms with E-state index in [1.54, 1.807) is 0 Å². The Balaban J connectivity index is 1.38. The van der Waals surface area contributed by atoms with E-state index >= 15 is 0 Å². The summed E-state index contributed by atoms with van der Waals surface area (Å²) in [7, 11) is 0. The molecule has 29 heavy (non-hydrogen) atoms. The van der Waals surface area contributed by atoms with Gasteiger partial charge in [0.05, 0.1) is 13.1 Å². The predicted molar refractivity (Wildman–Crippen MR) is 100 cm³/mol. The molecule has 2 amide bonds. The van der Waals surface area contributed by atoms with Crippen LogP contribution in [0.3, 0.4) is 0 Å². The number of halogens is 3. The van der Waals surface area contributed by atoms with Gasteiger partial charge in [0.1, 0.15) is 5.75 Å². The molecule has 0 atom stereocenters. The Bertz CT molecular complexity index is 698. The van der Waals surface area contributed by atoms with Crippen molar-refractivity contribution in [3.8, 4) is 5.75 Å². The minimum absolute atomic E-state index is 0.136. The molecule has 1 aromatic carbocycles. The number of hydrogen-bond donors (Lipinski definition) is 1. The number of nitrogens with zero attached hydrogens (tertiary/aromatic N) is 3. The third-order valence-electron chi connectivity index (χ3n) is 5.02. The summed E-state index contributed by atoms with van der Waals surface area (Å²) in [6, 6.07) is 5.00. The number of piperazine rings is 1. The number of alkyl halides is 3. The predicted octanol–water partition coefficient (Wildman–Crippen LogP) is 1.76. The Labute approximate surface area is 167 Å². The van der Waals surface area contributed by atoms with Gasteiger partial charge < -0.3 is 15.0 Å². The quantitative estimate of drug-likeness (QED) is 0.769. The molecule has 10 heteroatoms. The van der Waals surface area contributed by atoms with E-state index < -0.39 is 6.36 Å². The first kappa shape index (κ1) is 21.4. The second-order valence-electron chi connectivity index (χ2n) is 7.26. The lowest BCUT2D eigenvalue weighted by Gasteiger charge is -2.35. The molecular formula is C19H25F3N4O3. The van der Waals surface area contributed by atoms with Crippen LogP contribution < -0.4 is 10.1 Å². The summed E-state index contributed by atoms with van der Waals surface area (Å²) in [5, 5.41) is 2.66. The van der Waals surface area contributed by atoms with Crippen LogP contribution in [-0.4, -0.2) is 85.2 Å². The van der Waals surface area contributed by atoms with Crippen LogP contribution >= 0.6 is 0 Å². The molecule has 0 radical (unpaired) electrons. The fraction of sp³-hybridized carbons (Fsp3) is 0.579. The van der Waals surface area contributed by atoms with Crippen LogP contribution in [-0.2, 0) is 9.59 Å². The van der Waals surface area contributed by atoms with E-state index in [1.165, 1.54) is 12.1 Å². The van der Waals surface area contributed by atoms with Crippen LogP contribution in [0, 0.1) is 0 Å². The second kappa shape index (κ2) is 9.45. The minimum atomic E-state index is -4.75. The number of rotatable bonds is 6. The Morgan fingerprint density at radius 3 is 2.07 bits per heavy atom. The van der Waals surface area contributed by atoms with E-state index in [0.717, 1.165) is 38.1 Å². The summed E-state index contributed by atoms with van der Waals surface area (Å²) in [5.41, 5.74) is 0.393. The number of nitrogens with one attached hydrogen (secondary N) is 1. The molecule has 0 spiro atoms. The lowest BCUT2D eigenvalue weighted by atomic mass is 10.2. The molecular weight excluding hydrogens is 389 g/mol. The smallest absolute Gasteiger partial charge is 0.406 e. The molecule has 2 fully saturated rings.